The number of nitrogens with two attached hydrogens (primary N) is 1. The number of hydrogen-bond acceptors (Lipinski definition) is 3. The Morgan fingerprint density at radius 3 is 2.79 bits per heavy atom. The zero-order valence-electron chi connectivity index (χ0n) is 11.1. The standard InChI is InChI=1S/C15H17BrN2O/c1-3-10(2)12-6-4-5-7-14(12)19-15-13(16)8-11(17)9-18-15/h4-10H,3,17H2,1-2H3. The second-order valence-electron chi connectivity index (χ2n) is 4.50. The first-order valence-corrected chi connectivity index (χ1v) is 7.09. The lowest BCUT2D eigenvalue weighted by Gasteiger charge is -2.15. The van der Waals surface area contributed by atoms with Gasteiger partial charge in [-0.3, -0.25) is 0 Å². The number of rotatable bonds is 4. The van der Waals surface area contributed by atoms with Gasteiger partial charge in [0.25, 0.3) is 0 Å². The predicted molar refractivity (Wildman–Crippen MR) is 81.6 cm³/mol. The second kappa shape index (κ2) is 6.06. The van der Waals surface area contributed by atoms with Crippen LogP contribution in [0.3, 0.4) is 0 Å². The average molecular weight is 321 g/mol. The maximum Gasteiger partial charge on any atom is 0.233 e. The van der Waals surface area contributed by atoms with Crippen molar-refractivity contribution < 1.29 is 4.74 Å². The van der Waals surface area contributed by atoms with E-state index in [2.05, 4.69) is 40.8 Å². The minimum Gasteiger partial charge on any atom is -0.438 e. The lowest BCUT2D eigenvalue weighted by atomic mass is 9.98. The number of aromatic nitrogens is 1. The van der Waals surface area contributed by atoms with Crippen LogP contribution in [-0.2, 0) is 0 Å². The quantitative estimate of drug-likeness (QED) is 0.885. The summed E-state index contributed by atoms with van der Waals surface area (Å²) in [5, 5.41) is 0. The fraction of sp³-hybridized carbons (Fsp3) is 0.267. The Morgan fingerprint density at radius 1 is 1.37 bits per heavy atom. The highest BCUT2D eigenvalue weighted by Gasteiger charge is 2.12. The SMILES string of the molecule is CCC(C)c1ccccc1Oc1ncc(N)cc1Br. The molecule has 0 radical (unpaired) electrons. The van der Waals surface area contributed by atoms with Gasteiger partial charge in [0.2, 0.25) is 5.88 Å². The molecule has 19 heavy (non-hydrogen) atoms. The number of nitrogens with zero attached hydrogens (tertiary/aromatic N) is 1. The highest BCUT2D eigenvalue weighted by Crippen LogP contribution is 2.34. The molecule has 2 rings (SSSR count). The highest BCUT2D eigenvalue weighted by molar-refractivity contribution is 9.10. The van der Waals surface area contributed by atoms with E-state index in [0.717, 1.165) is 16.6 Å². The van der Waals surface area contributed by atoms with E-state index in [1.165, 1.54) is 5.56 Å². The third-order valence-electron chi connectivity index (χ3n) is 3.10. The lowest BCUT2D eigenvalue weighted by Crippen LogP contribution is -1.98. The molecule has 0 aliphatic rings. The third-order valence-corrected chi connectivity index (χ3v) is 3.67. The highest BCUT2D eigenvalue weighted by atomic mass is 79.9. The molecular formula is C15H17BrN2O. The molecule has 1 atom stereocenters. The predicted octanol–water partition coefficient (Wildman–Crippen LogP) is 4.73. The summed E-state index contributed by atoms with van der Waals surface area (Å²) < 4.78 is 6.66. The van der Waals surface area contributed by atoms with Gasteiger partial charge in [-0.15, -0.1) is 0 Å². The van der Waals surface area contributed by atoms with Crippen molar-refractivity contribution in [3.63, 3.8) is 0 Å². The normalized spacial score (nSPS) is 12.2. The Kier molecular flexibility index (Phi) is 4.43. The molecule has 0 aliphatic carbocycles. The first-order chi connectivity index (χ1) is 9.11. The van der Waals surface area contributed by atoms with Gasteiger partial charge in [0.1, 0.15) is 5.75 Å². The summed E-state index contributed by atoms with van der Waals surface area (Å²) in [5.41, 5.74) is 7.47. The van der Waals surface area contributed by atoms with Crippen molar-refractivity contribution in [2.75, 3.05) is 5.73 Å². The number of nitrogen functional groups attached to an aromatic ring is 1. The Morgan fingerprint density at radius 2 is 2.11 bits per heavy atom. The zero-order valence-corrected chi connectivity index (χ0v) is 12.6. The summed E-state index contributed by atoms with van der Waals surface area (Å²) in [4.78, 5) is 4.21. The first-order valence-electron chi connectivity index (χ1n) is 6.29. The van der Waals surface area contributed by atoms with Crippen LogP contribution in [0.2, 0.25) is 0 Å². The van der Waals surface area contributed by atoms with Gasteiger partial charge in [-0.2, -0.15) is 0 Å². The zero-order chi connectivity index (χ0) is 13.8. The summed E-state index contributed by atoms with van der Waals surface area (Å²) in [6.07, 6.45) is 2.66. The molecule has 0 saturated carbocycles. The third kappa shape index (κ3) is 3.26. The van der Waals surface area contributed by atoms with Crippen molar-refractivity contribution in [2.24, 2.45) is 0 Å². The minimum atomic E-state index is 0.448. The van der Waals surface area contributed by atoms with Crippen molar-refractivity contribution >= 4 is 21.6 Å². The molecular weight excluding hydrogens is 304 g/mol. The Hall–Kier alpha value is -1.55. The molecule has 100 valence electrons. The van der Waals surface area contributed by atoms with Crippen molar-refractivity contribution in [3.05, 3.63) is 46.6 Å². The van der Waals surface area contributed by atoms with Crippen LogP contribution in [0, 0.1) is 0 Å². The molecule has 1 aromatic heterocycles. The van der Waals surface area contributed by atoms with E-state index in [1.807, 2.05) is 18.2 Å². The average Bonchev–Trinajstić information content (AvgIpc) is 2.41. The minimum absolute atomic E-state index is 0.448. The smallest absolute Gasteiger partial charge is 0.233 e. The molecule has 2 N–H and O–H groups in total. The van der Waals surface area contributed by atoms with Crippen molar-refractivity contribution in [1.82, 2.24) is 4.98 Å². The van der Waals surface area contributed by atoms with Gasteiger partial charge in [0.15, 0.2) is 0 Å². The molecule has 4 heteroatoms. The van der Waals surface area contributed by atoms with E-state index in [1.54, 1.807) is 12.3 Å². The van der Waals surface area contributed by atoms with Crippen molar-refractivity contribution in [1.29, 1.82) is 0 Å². The molecule has 0 fully saturated rings. The van der Waals surface area contributed by atoms with Gasteiger partial charge in [-0.05, 0) is 46.0 Å². The summed E-state index contributed by atoms with van der Waals surface area (Å²) in [5.74, 6) is 1.82. The molecule has 0 spiro atoms. The fourth-order valence-electron chi connectivity index (χ4n) is 1.82. The van der Waals surface area contributed by atoms with E-state index in [-0.39, 0.29) is 0 Å². The summed E-state index contributed by atoms with van der Waals surface area (Å²) in [6.45, 7) is 4.35. The van der Waals surface area contributed by atoms with Crippen molar-refractivity contribution in [2.45, 2.75) is 26.2 Å². The summed E-state index contributed by atoms with van der Waals surface area (Å²) in [6, 6.07) is 9.83. The van der Waals surface area contributed by atoms with Crippen LogP contribution in [0.25, 0.3) is 0 Å². The van der Waals surface area contributed by atoms with Gasteiger partial charge in [0, 0.05) is 0 Å². The fourth-order valence-corrected chi connectivity index (χ4v) is 2.27. The largest absolute Gasteiger partial charge is 0.438 e. The monoisotopic (exact) mass is 320 g/mol. The molecule has 0 bridgehead atoms. The van der Waals surface area contributed by atoms with Gasteiger partial charge in [-0.1, -0.05) is 32.0 Å². The Bertz CT molecular complexity index is 572. The summed E-state index contributed by atoms with van der Waals surface area (Å²) in [7, 11) is 0. The maximum atomic E-state index is 5.90. The number of para-hydroxylation sites is 1. The Labute approximate surface area is 121 Å². The second-order valence-corrected chi connectivity index (χ2v) is 5.36. The van der Waals surface area contributed by atoms with Crippen LogP contribution in [0.5, 0.6) is 11.6 Å². The lowest BCUT2D eigenvalue weighted by molar-refractivity contribution is 0.449. The van der Waals surface area contributed by atoms with E-state index in [4.69, 9.17) is 10.5 Å². The molecule has 0 aliphatic heterocycles. The molecule has 1 aromatic carbocycles. The van der Waals surface area contributed by atoms with Crippen molar-refractivity contribution in [3.8, 4) is 11.6 Å². The van der Waals surface area contributed by atoms with E-state index in [0.29, 0.717) is 17.5 Å². The molecule has 0 saturated heterocycles. The van der Waals surface area contributed by atoms with Gasteiger partial charge in [-0.25, -0.2) is 4.98 Å². The first kappa shape index (κ1) is 13.9. The van der Waals surface area contributed by atoms with E-state index in [9.17, 15) is 0 Å². The number of pyridine rings is 1. The summed E-state index contributed by atoms with van der Waals surface area (Å²) >= 11 is 3.42. The number of ether oxygens (including phenoxy) is 1. The van der Waals surface area contributed by atoms with Gasteiger partial charge >= 0.3 is 0 Å². The van der Waals surface area contributed by atoms with Crippen LogP contribution < -0.4 is 10.5 Å². The Balaban J connectivity index is 2.33. The topological polar surface area (TPSA) is 48.1 Å². The van der Waals surface area contributed by atoms with Crippen LogP contribution >= 0.6 is 15.9 Å². The molecule has 1 heterocycles. The molecule has 1 unspecified atom stereocenters. The number of anilines is 1. The molecule has 2 aromatic rings. The number of halogens is 1. The van der Waals surface area contributed by atoms with Crippen LogP contribution in [-0.4, -0.2) is 4.98 Å². The maximum absolute atomic E-state index is 5.90. The van der Waals surface area contributed by atoms with Crippen LogP contribution in [0.4, 0.5) is 5.69 Å². The number of hydrogen-bond donors (Lipinski definition) is 1. The molecule has 0 amide bonds. The van der Waals surface area contributed by atoms with Gasteiger partial charge in [0.05, 0.1) is 16.4 Å². The van der Waals surface area contributed by atoms with Gasteiger partial charge < -0.3 is 10.5 Å². The molecule has 3 nitrogen and oxygen atoms in total. The van der Waals surface area contributed by atoms with E-state index < -0.39 is 0 Å². The van der Waals surface area contributed by atoms with E-state index >= 15 is 0 Å². The van der Waals surface area contributed by atoms with Crippen LogP contribution in [0.15, 0.2) is 41.0 Å². The number of benzene rings is 1. The van der Waals surface area contributed by atoms with Crippen LogP contribution in [0.1, 0.15) is 31.7 Å².